The molecule has 2 heteroatoms. The molecule has 4 aliphatic rings. The lowest BCUT2D eigenvalue weighted by molar-refractivity contribution is -0.127. The Labute approximate surface area is 183 Å². The highest BCUT2D eigenvalue weighted by molar-refractivity contribution is 5.79. The first kappa shape index (κ1) is 22.1. The molecule has 166 valence electrons. The predicted octanol–water partition coefficient (Wildman–Crippen LogP) is 6.65. The first-order valence-electron chi connectivity index (χ1n) is 12.3. The Balaban J connectivity index is 1.56. The second-order valence-electron chi connectivity index (χ2n) is 11.8. The van der Waals surface area contributed by atoms with Crippen LogP contribution in [-0.2, 0) is 4.79 Å². The van der Waals surface area contributed by atoms with E-state index in [-0.39, 0.29) is 22.9 Å². The minimum absolute atomic E-state index is 0.117. The fourth-order valence-electron chi connectivity index (χ4n) is 7.78. The van der Waals surface area contributed by atoms with Crippen LogP contribution >= 0.6 is 0 Å². The normalized spacial score (nSPS) is 42.9. The quantitative estimate of drug-likeness (QED) is 0.515. The third-order valence-corrected chi connectivity index (χ3v) is 9.96. The van der Waals surface area contributed by atoms with E-state index in [0.29, 0.717) is 29.5 Å². The molecule has 0 heterocycles. The van der Waals surface area contributed by atoms with E-state index in [0.717, 1.165) is 44.9 Å². The van der Waals surface area contributed by atoms with Crippen LogP contribution in [0.1, 0.15) is 85.5 Å². The Hall–Kier alpha value is -1.15. The van der Waals surface area contributed by atoms with Crippen LogP contribution in [0.3, 0.4) is 0 Å². The number of Topliss-reactive ketones (excluding diaryl/α,β-unsaturated/α-hetero) is 1. The molecule has 0 radical (unpaired) electrons. The fourth-order valence-corrected chi connectivity index (χ4v) is 7.78. The summed E-state index contributed by atoms with van der Waals surface area (Å²) in [6.45, 7) is 18.1. The molecular weight excluding hydrogens is 368 g/mol. The van der Waals surface area contributed by atoms with E-state index in [9.17, 15) is 9.90 Å². The van der Waals surface area contributed by atoms with Gasteiger partial charge in [0.25, 0.3) is 0 Å². The Morgan fingerprint density at radius 1 is 1.20 bits per heavy atom. The van der Waals surface area contributed by atoms with Gasteiger partial charge in [0.05, 0.1) is 6.10 Å². The minimum Gasteiger partial charge on any atom is -0.392 e. The van der Waals surface area contributed by atoms with Crippen LogP contribution in [0.15, 0.2) is 36.0 Å². The summed E-state index contributed by atoms with van der Waals surface area (Å²) < 4.78 is 0. The molecule has 0 aromatic heterocycles. The molecule has 2 nitrogen and oxygen atoms in total. The standard InChI is InChI=1S/C28H42O2/c1-17(2)18(3)7-8-19(4)24-16-25(30)26-22-10-9-20-15-21(29)11-13-27(20,5)23(22)12-14-28(24,26)6/h10,17,20,23-26,30H,3-4,7-9,11-16H2,1-2,5-6H3. The summed E-state index contributed by atoms with van der Waals surface area (Å²) in [4.78, 5) is 12.1. The van der Waals surface area contributed by atoms with Crippen molar-refractivity contribution in [2.75, 3.05) is 0 Å². The summed E-state index contributed by atoms with van der Waals surface area (Å²) in [7, 11) is 0. The summed E-state index contributed by atoms with van der Waals surface area (Å²) in [6, 6.07) is 0. The fraction of sp³-hybridized carbons (Fsp3) is 0.750. The molecule has 0 saturated heterocycles. The molecule has 3 fully saturated rings. The monoisotopic (exact) mass is 410 g/mol. The molecule has 0 bridgehead atoms. The highest BCUT2D eigenvalue weighted by Crippen LogP contribution is 2.66. The maximum Gasteiger partial charge on any atom is 0.133 e. The number of rotatable bonds is 5. The average molecular weight is 411 g/mol. The smallest absolute Gasteiger partial charge is 0.133 e. The molecule has 7 atom stereocenters. The molecule has 4 aliphatic carbocycles. The zero-order chi connectivity index (χ0) is 21.8. The van der Waals surface area contributed by atoms with Crippen LogP contribution in [0.25, 0.3) is 0 Å². The predicted molar refractivity (Wildman–Crippen MR) is 124 cm³/mol. The van der Waals surface area contributed by atoms with Crippen molar-refractivity contribution >= 4 is 5.78 Å². The molecule has 0 amide bonds. The summed E-state index contributed by atoms with van der Waals surface area (Å²) >= 11 is 0. The second kappa shape index (κ2) is 7.76. The van der Waals surface area contributed by atoms with Crippen molar-refractivity contribution in [3.8, 4) is 0 Å². The number of carbonyl (C=O) groups excluding carboxylic acids is 1. The van der Waals surface area contributed by atoms with E-state index >= 15 is 0 Å². The minimum atomic E-state index is -0.260. The van der Waals surface area contributed by atoms with Crippen LogP contribution in [-0.4, -0.2) is 17.0 Å². The number of allylic oxidation sites excluding steroid dienone is 3. The van der Waals surface area contributed by atoms with E-state index in [1.54, 1.807) is 0 Å². The van der Waals surface area contributed by atoms with Crippen molar-refractivity contribution in [2.24, 2.45) is 40.4 Å². The van der Waals surface area contributed by atoms with Gasteiger partial charge in [-0.2, -0.15) is 0 Å². The topological polar surface area (TPSA) is 37.3 Å². The number of hydrogen-bond donors (Lipinski definition) is 1. The first-order chi connectivity index (χ1) is 14.1. The molecule has 0 aromatic rings. The van der Waals surface area contributed by atoms with E-state index in [4.69, 9.17) is 0 Å². The summed E-state index contributed by atoms with van der Waals surface area (Å²) in [5, 5.41) is 11.3. The maximum atomic E-state index is 12.1. The van der Waals surface area contributed by atoms with Crippen LogP contribution in [0, 0.1) is 40.4 Å². The zero-order valence-corrected chi connectivity index (χ0v) is 19.7. The Morgan fingerprint density at radius 3 is 2.63 bits per heavy atom. The van der Waals surface area contributed by atoms with Gasteiger partial charge in [0.2, 0.25) is 0 Å². The van der Waals surface area contributed by atoms with Crippen LogP contribution in [0.5, 0.6) is 0 Å². The lowest BCUT2D eigenvalue weighted by Gasteiger charge is -2.57. The van der Waals surface area contributed by atoms with Gasteiger partial charge in [-0.25, -0.2) is 0 Å². The Kier molecular flexibility index (Phi) is 5.71. The molecule has 0 spiro atoms. The highest BCUT2D eigenvalue weighted by Gasteiger charge is 2.60. The van der Waals surface area contributed by atoms with Crippen LogP contribution in [0.4, 0.5) is 0 Å². The number of ketones is 1. The van der Waals surface area contributed by atoms with Crippen molar-refractivity contribution in [1.82, 2.24) is 0 Å². The molecule has 3 saturated carbocycles. The van der Waals surface area contributed by atoms with Gasteiger partial charge >= 0.3 is 0 Å². The molecule has 7 unspecified atom stereocenters. The Morgan fingerprint density at radius 2 is 1.93 bits per heavy atom. The van der Waals surface area contributed by atoms with E-state index in [2.05, 4.69) is 46.9 Å². The summed E-state index contributed by atoms with van der Waals surface area (Å²) in [5.41, 5.74) is 4.52. The van der Waals surface area contributed by atoms with Crippen molar-refractivity contribution < 1.29 is 9.90 Å². The van der Waals surface area contributed by atoms with E-state index in [1.807, 2.05) is 0 Å². The maximum absolute atomic E-state index is 12.1. The lowest BCUT2D eigenvalue weighted by Crippen LogP contribution is -2.50. The highest BCUT2D eigenvalue weighted by atomic mass is 16.3. The second-order valence-corrected chi connectivity index (χ2v) is 11.8. The van der Waals surface area contributed by atoms with Crippen LogP contribution in [0.2, 0.25) is 0 Å². The number of aliphatic hydroxyl groups is 1. The van der Waals surface area contributed by atoms with Gasteiger partial charge in [-0.05, 0) is 79.4 Å². The molecule has 0 aliphatic heterocycles. The van der Waals surface area contributed by atoms with Gasteiger partial charge in [0, 0.05) is 18.8 Å². The molecule has 0 aromatic carbocycles. The molecular formula is C28H42O2. The largest absolute Gasteiger partial charge is 0.392 e. The number of aliphatic hydroxyl groups excluding tert-OH is 1. The van der Waals surface area contributed by atoms with Crippen molar-refractivity contribution in [3.05, 3.63) is 36.0 Å². The van der Waals surface area contributed by atoms with Gasteiger partial charge in [0.15, 0.2) is 0 Å². The van der Waals surface area contributed by atoms with Crippen molar-refractivity contribution in [2.45, 2.75) is 91.6 Å². The third kappa shape index (κ3) is 3.38. The molecule has 4 rings (SSSR count). The van der Waals surface area contributed by atoms with Gasteiger partial charge in [-0.1, -0.05) is 63.6 Å². The molecule has 30 heavy (non-hydrogen) atoms. The first-order valence-corrected chi connectivity index (χ1v) is 12.3. The van der Waals surface area contributed by atoms with Crippen molar-refractivity contribution in [1.29, 1.82) is 0 Å². The van der Waals surface area contributed by atoms with E-state index in [1.165, 1.54) is 29.6 Å². The number of carbonyl (C=O) groups is 1. The van der Waals surface area contributed by atoms with Crippen molar-refractivity contribution in [3.63, 3.8) is 0 Å². The van der Waals surface area contributed by atoms with Gasteiger partial charge < -0.3 is 5.11 Å². The third-order valence-electron chi connectivity index (χ3n) is 9.96. The van der Waals surface area contributed by atoms with Gasteiger partial charge in [0.1, 0.15) is 5.78 Å². The van der Waals surface area contributed by atoms with Gasteiger partial charge in [-0.15, -0.1) is 0 Å². The Bertz CT molecular complexity index is 774. The van der Waals surface area contributed by atoms with E-state index < -0.39 is 0 Å². The van der Waals surface area contributed by atoms with Crippen LogP contribution < -0.4 is 0 Å². The lowest BCUT2D eigenvalue weighted by atomic mass is 9.47. The van der Waals surface area contributed by atoms with Gasteiger partial charge in [-0.3, -0.25) is 4.79 Å². The SMILES string of the molecule is C=C(CCC(=C)C1CC(O)C2C3=CCC4CC(=O)CCC4(C)C3CCC12C)C(C)C. The summed E-state index contributed by atoms with van der Waals surface area (Å²) in [6.07, 6.45) is 11.0. The summed E-state index contributed by atoms with van der Waals surface area (Å²) in [5.74, 6) is 2.69. The number of fused-ring (bicyclic) bond motifs is 5. The average Bonchev–Trinajstić information content (AvgIpc) is 2.97. The zero-order valence-electron chi connectivity index (χ0n) is 19.7. The number of hydrogen-bond acceptors (Lipinski definition) is 2. The molecule has 1 N–H and O–H groups in total.